The Morgan fingerprint density at radius 1 is 0.266 bits per heavy atom. The van der Waals surface area contributed by atoms with Crippen molar-refractivity contribution < 1.29 is 0 Å². The number of hydrogen-bond acceptors (Lipinski definition) is 1. The molecule has 11 aromatic rings. The molecule has 300 valence electrons. The van der Waals surface area contributed by atoms with E-state index in [4.69, 9.17) is 0 Å². The van der Waals surface area contributed by atoms with Crippen LogP contribution >= 0.6 is 0 Å². The molecule has 0 saturated heterocycles. The highest BCUT2D eigenvalue weighted by atomic mass is 15.1. The minimum atomic E-state index is -0.532. The fraction of sp³-hybridized carbons (Fsp3) is 0.0159. The molecule has 64 heavy (non-hydrogen) atoms. The topological polar surface area (TPSA) is 3.24 Å². The highest BCUT2D eigenvalue weighted by molar-refractivity contribution is 6.09. The van der Waals surface area contributed by atoms with Crippen LogP contribution in [-0.4, -0.2) is 0 Å². The summed E-state index contributed by atoms with van der Waals surface area (Å²) in [5, 5.41) is 4.94. The zero-order valence-corrected chi connectivity index (χ0v) is 35.3. The number of rotatable bonds is 8. The Labute approximate surface area is 374 Å². The number of nitrogens with zero attached hydrogens (tertiary/aromatic N) is 1. The molecule has 0 bridgehead atoms. The summed E-state index contributed by atoms with van der Waals surface area (Å²) in [5.41, 5.74) is 17.5. The minimum Gasteiger partial charge on any atom is -0.310 e. The molecule has 1 heteroatoms. The Balaban J connectivity index is 1.10. The molecular weight excluding hydrogens is 771 g/mol. The molecule has 12 rings (SSSR count). The van der Waals surface area contributed by atoms with Crippen LogP contribution in [0, 0.1) is 0 Å². The summed E-state index contributed by atoms with van der Waals surface area (Å²) >= 11 is 0. The van der Waals surface area contributed by atoms with Crippen molar-refractivity contribution in [3.8, 4) is 44.5 Å². The fourth-order valence-corrected chi connectivity index (χ4v) is 10.5. The van der Waals surface area contributed by atoms with E-state index >= 15 is 0 Å². The van der Waals surface area contributed by atoms with Gasteiger partial charge in [-0.1, -0.05) is 224 Å². The lowest BCUT2D eigenvalue weighted by molar-refractivity contribution is 0.768. The van der Waals surface area contributed by atoms with E-state index in [1.165, 1.54) is 82.7 Å². The quantitative estimate of drug-likeness (QED) is 0.148. The van der Waals surface area contributed by atoms with E-state index in [0.29, 0.717) is 0 Å². The molecule has 1 aliphatic carbocycles. The zero-order valence-electron chi connectivity index (χ0n) is 35.3. The molecule has 0 N–H and O–H groups in total. The van der Waals surface area contributed by atoms with Crippen molar-refractivity contribution >= 4 is 38.6 Å². The second kappa shape index (κ2) is 15.6. The summed E-state index contributed by atoms with van der Waals surface area (Å²) in [5.74, 6) is 0. The molecule has 0 amide bonds. The van der Waals surface area contributed by atoms with Gasteiger partial charge in [0, 0.05) is 16.9 Å². The summed E-state index contributed by atoms with van der Waals surface area (Å²) in [4.78, 5) is 2.47. The van der Waals surface area contributed by atoms with Crippen LogP contribution in [0.5, 0.6) is 0 Å². The third-order valence-electron chi connectivity index (χ3n) is 13.3. The number of benzene rings is 11. The van der Waals surface area contributed by atoms with Crippen molar-refractivity contribution in [1.29, 1.82) is 0 Å². The molecule has 0 saturated carbocycles. The molecule has 0 heterocycles. The van der Waals surface area contributed by atoms with E-state index in [1.807, 2.05) is 0 Å². The Kier molecular flexibility index (Phi) is 9.13. The van der Waals surface area contributed by atoms with Crippen molar-refractivity contribution in [3.05, 3.63) is 283 Å². The van der Waals surface area contributed by atoms with Crippen LogP contribution in [0.4, 0.5) is 17.1 Å². The van der Waals surface area contributed by atoms with Crippen molar-refractivity contribution in [1.82, 2.24) is 0 Å². The first-order chi connectivity index (χ1) is 31.8. The van der Waals surface area contributed by atoms with Crippen LogP contribution in [0.15, 0.2) is 261 Å². The summed E-state index contributed by atoms with van der Waals surface area (Å²) in [7, 11) is 0. The average molecular weight is 814 g/mol. The molecule has 0 radical (unpaired) electrons. The van der Waals surface area contributed by atoms with Gasteiger partial charge in [0.2, 0.25) is 0 Å². The third kappa shape index (κ3) is 6.08. The highest BCUT2D eigenvalue weighted by Crippen LogP contribution is 2.57. The Hall–Kier alpha value is -8.26. The number of fused-ring (bicyclic) bond motifs is 5. The Morgan fingerprint density at radius 2 is 0.797 bits per heavy atom. The van der Waals surface area contributed by atoms with Gasteiger partial charge in [-0.2, -0.15) is 0 Å². The predicted molar refractivity (Wildman–Crippen MR) is 270 cm³/mol. The molecule has 1 aliphatic rings. The van der Waals surface area contributed by atoms with E-state index < -0.39 is 5.41 Å². The van der Waals surface area contributed by atoms with Gasteiger partial charge in [-0.25, -0.2) is 0 Å². The summed E-state index contributed by atoms with van der Waals surface area (Å²) in [6, 6.07) is 96.0. The van der Waals surface area contributed by atoms with Crippen LogP contribution < -0.4 is 4.90 Å². The maximum atomic E-state index is 2.47. The van der Waals surface area contributed by atoms with Gasteiger partial charge in [-0.15, -0.1) is 0 Å². The molecule has 0 unspecified atom stereocenters. The van der Waals surface area contributed by atoms with E-state index in [9.17, 15) is 0 Å². The number of para-hydroxylation sites is 1. The van der Waals surface area contributed by atoms with Crippen LogP contribution in [0.1, 0.15) is 22.3 Å². The van der Waals surface area contributed by atoms with Gasteiger partial charge in [0.25, 0.3) is 0 Å². The van der Waals surface area contributed by atoms with Crippen LogP contribution in [-0.2, 0) is 5.41 Å². The van der Waals surface area contributed by atoms with Crippen LogP contribution in [0.3, 0.4) is 0 Å². The predicted octanol–water partition coefficient (Wildman–Crippen LogP) is 16.8. The van der Waals surface area contributed by atoms with Gasteiger partial charge in [0.15, 0.2) is 0 Å². The maximum Gasteiger partial charge on any atom is 0.0714 e. The normalized spacial score (nSPS) is 12.5. The standard InChI is InChI=1S/C63H43N/c1-3-19-46(20-4-1)54-31-15-22-47-23-16-32-58(62(47)54)57-30-11-14-35-61(57)64(52-40-38-45(39-41-52)49-37-36-44-18-7-8-21-48(44)42-49)53-27-17-26-51(43-53)63(50-24-5-2-6-25-50)59-33-12-9-28-55(59)56-29-10-13-34-60(56)63/h1-43H. The second-order valence-corrected chi connectivity index (χ2v) is 16.8. The SMILES string of the molecule is c1ccc(-c2cccc3cccc(-c4ccccc4N(c4ccc(-c5ccc6ccccc6c5)cc4)c4cccc(C5(c6ccccc6)c6ccccc6-c6ccccc65)c4)c23)cc1. The largest absolute Gasteiger partial charge is 0.310 e. The first kappa shape index (κ1) is 37.5. The van der Waals surface area contributed by atoms with Gasteiger partial charge in [0.1, 0.15) is 0 Å². The molecular formula is C63H43N. The van der Waals surface area contributed by atoms with E-state index in [1.54, 1.807) is 0 Å². The highest BCUT2D eigenvalue weighted by Gasteiger charge is 2.46. The smallest absolute Gasteiger partial charge is 0.0714 e. The molecule has 11 aromatic carbocycles. The van der Waals surface area contributed by atoms with Gasteiger partial charge in [0.05, 0.1) is 11.1 Å². The average Bonchev–Trinajstić information content (AvgIpc) is 3.68. The van der Waals surface area contributed by atoms with E-state index in [0.717, 1.165) is 22.6 Å². The van der Waals surface area contributed by atoms with Crippen molar-refractivity contribution in [3.63, 3.8) is 0 Å². The molecule has 0 aliphatic heterocycles. The first-order valence-corrected chi connectivity index (χ1v) is 22.2. The molecule has 0 aromatic heterocycles. The molecule has 0 spiro atoms. The summed E-state index contributed by atoms with van der Waals surface area (Å²) < 4.78 is 0. The Bertz CT molecular complexity index is 3440. The first-order valence-electron chi connectivity index (χ1n) is 22.2. The lowest BCUT2D eigenvalue weighted by atomic mass is 9.67. The van der Waals surface area contributed by atoms with E-state index in [-0.39, 0.29) is 0 Å². The van der Waals surface area contributed by atoms with Crippen LogP contribution in [0.25, 0.3) is 66.1 Å². The third-order valence-corrected chi connectivity index (χ3v) is 13.3. The fourth-order valence-electron chi connectivity index (χ4n) is 10.5. The van der Waals surface area contributed by atoms with Gasteiger partial charge in [-0.05, 0) is 119 Å². The van der Waals surface area contributed by atoms with Gasteiger partial charge in [-0.3, -0.25) is 0 Å². The lowest BCUT2D eigenvalue weighted by Gasteiger charge is -2.35. The van der Waals surface area contributed by atoms with Crippen molar-refractivity contribution in [2.75, 3.05) is 4.90 Å². The molecule has 0 fully saturated rings. The Morgan fingerprint density at radius 3 is 1.53 bits per heavy atom. The maximum absolute atomic E-state index is 2.47. The van der Waals surface area contributed by atoms with Gasteiger partial charge >= 0.3 is 0 Å². The van der Waals surface area contributed by atoms with E-state index in [2.05, 4.69) is 266 Å². The minimum absolute atomic E-state index is 0.532. The lowest BCUT2D eigenvalue weighted by Crippen LogP contribution is -2.28. The summed E-state index contributed by atoms with van der Waals surface area (Å²) in [6.07, 6.45) is 0. The van der Waals surface area contributed by atoms with Crippen LogP contribution in [0.2, 0.25) is 0 Å². The zero-order chi connectivity index (χ0) is 42.5. The second-order valence-electron chi connectivity index (χ2n) is 16.8. The van der Waals surface area contributed by atoms with Gasteiger partial charge < -0.3 is 4.90 Å². The molecule has 1 nitrogen and oxygen atoms in total. The van der Waals surface area contributed by atoms with Crippen molar-refractivity contribution in [2.45, 2.75) is 5.41 Å². The molecule has 0 atom stereocenters. The summed E-state index contributed by atoms with van der Waals surface area (Å²) in [6.45, 7) is 0. The monoisotopic (exact) mass is 813 g/mol. The number of anilines is 3. The number of hydrogen-bond donors (Lipinski definition) is 0. The van der Waals surface area contributed by atoms with Crippen molar-refractivity contribution in [2.24, 2.45) is 0 Å².